The van der Waals surface area contributed by atoms with Crippen LogP contribution in [0.25, 0.3) is 11.4 Å². The fourth-order valence-corrected chi connectivity index (χ4v) is 3.72. The molecule has 1 fully saturated rings. The molecule has 2 aromatic carbocycles. The van der Waals surface area contributed by atoms with E-state index in [0.717, 1.165) is 12.8 Å². The van der Waals surface area contributed by atoms with Gasteiger partial charge in [0.25, 0.3) is 0 Å². The van der Waals surface area contributed by atoms with Crippen LogP contribution in [0.2, 0.25) is 10.0 Å². The molecule has 1 aromatic heterocycles. The van der Waals surface area contributed by atoms with Gasteiger partial charge in [0, 0.05) is 22.2 Å². The molecular formula is C21H19Cl2FN4O2. The molecule has 0 radical (unpaired) electrons. The maximum Gasteiger partial charge on any atom is 0.248 e. The van der Waals surface area contributed by atoms with Gasteiger partial charge in [0.05, 0.1) is 5.02 Å². The molecule has 4 rings (SSSR count). The highest BCUT2D eigenvalue weighted by molar-refractivity contribution is 6.33. The number of nitrogens with two attached hydrogens (primary N) is 1. The van der Waals surface area contributed by atoms with Crippen molar-refractivity contribution >= 4 is 29.1 Å². The summed E-state index contributed by atoms with van der Waals surface area (Å²) in [6.07, 6.45) is 1.92. The van der Waals surface area contributed by atoms with Crippen LogP contribution in [0.4, 0.5) is 4.39 Å². The van der Waals surface area contributed by atoms with Gasteiger partial charge in [0.2, 0.25) is 5.91 Å². The molecule has 3 aromatic rings. The third-order valence-electron chi connectivity index (χ3n) is 4.90. The van der Waals surface area contributed by atoms with E-state index in [1.54, 1.807) is 32.0 Å². The molecular weight excluding hydrogens is 430 g/mol. The molecule has 1 aliphatic carbocycles. The number of ether oxygens (including phenoxy) is 1. The Morgan fingerprint density at radius 2 is 1.93 bits per heavy atom. The first-order valence-corrected chi connectivity index (χ1v) is 10.1. The number of aromatic nitrogens is 3. The third-order valence-corrected chi connectivity index (χ3v) is 5.45. The number of rotatable bonds is 6. The first-order chi connectivity index (χ1) is 14.2. The molecule has 0 spiro atoms. The van der Waals surface area contributed by atoms with Crippen LogP contribution >= 0.6 is 23.2 Å². The van der Waals surface area contributed by atoms with E-state index in [-0.39, 0.29) is 16.8 Å². The number of amides is 1. The summed E-state index contributed by atoms with van der Waals surface area (Å²) in [7, 11) is 0. The predicted molar refractivity (Wildman–Crippen MR) is 112 cm³/mol. The molecule has 30 heavy (non-hydrogen) atoms. The predicted octanol–water partition coefficient (Wildman–Crippen LogP) is 5.14. The van der Waals surface area contributed by atoms with Gasteiger partial charge in [-0.2, -0.15) is 0 Å². The Morgan fingerprint density at radius 1 is 1.20 bits per heavy atom. The number of benzene rings is 2. The van der Waals surface area contributed by atoms with Gasteiger partial charge in [-0.1, -0.05) is 23.2 Å². The highest BCUT2D eigenvalue weighted by Gasteiger charge is 2.38. The highest BCUT2D eigenvalue weighted by atomic mass is 35.5. The van der Waals surface area contributed by atoms with Gasteiger partial charge in [-0.3, -0.25) is 4.79 Å². The number of hydrogen-bond acceptors (Lipinski definition) is 4. The molecule has 9 heteroatoms. The lowest BCUT2D eigenvalue weighted by molar-refractivity contribution is 0.0882. The zero-order chi connectivity index (χ0) is 21.6. The second kappa shape index (κ2) is 7.56. The molecule has 1 saturated carbocycles. The van der Waals surface area contributed by atoms with Crippen LogP contribution in [0.3, 0.4) is 0 Å². The van der Waals surface area contributed by atoms with Gasteiger partial charge in [0.15, 0.2) is 28.8 Å². The van der Waals surface area contributed by atoms with Crippen LogP contribution < -0.4 is 10.5 Å². The number of carbonyl (C=O) groups is 1. The van der Waals surface area contributed by atoms with E-state index in [1.807, 2.05) is 4.57 Å². The second-order valence-corrected chi connectivity index (χ2v) is 8.54. The maximum absolute atomic E-state index is 14.3. The number of hydrogen-bond donors (Lipinski definition) is 1. The van der Waals surface area contributed by atoms with E-state index in [9.17, 15) is 9.18 Å². The van der Waals surface area contributed by atoms with E-state index in [2.05, 4.69) is 10.2 Å². The van der Waals surface area contributed by atoms with E-state index in [4.69, 9.17) is 33.7 Å². The van der Waals surface area contributed by atoms with Crippen molar-refractivity contribution in [1.29, 1.82) is 0 Å². The van der Waals surface area contributed by atoms with E-state index >= 15 is 0 Å². The summed E-state index contributed by atoms with van der Waals surface area (Å²) in [5.41, 5.74) is 5.28. The molecule has 0 unspecified atom stereocenters. The minimum absolute atomic E-state index is 0.0696. The molecule has 0 saturated heterocycles. The van der Waals surface area contributed by atoms with Crippen molar-refractivity contribution in [1.82, 2.24) is 14.8 Å². The molecule has 1 heterocycles. The minimum atomic E-state index is -0.984. The van der Waals surface area contributed by atoms with Crippen LogP contribution in [-0.2, 0) is 5.60 Å². The smallest absolute Gasteiger partial charge is 0.248 e. The Bertz CT molecular complexity index is 1140. The Morgan fingerprint density at radius 3 is 2.53 bits per heavy atom. The van der Waals surface area contributed by atoms with Gasteiger partial charge < -0.3 is 15.0 Å². The van der Waals surface area contributed by atoms with E-state index in [0.29, 0.717) is 27.8 Å². The fourth-order valence-electron chi connectivity index (χ4n) is 3.29. The largest absolute Gasteiger partial charge is 0.477 e. The van der Waals surface area contributed by atoms with Gasteiger partial charge in [-0.25, -0.2) is 4.39 Å². The van der Waals surface area contributed by atoms with Crippen LogP contribution in [0.15, 0.2) is 36.4 Å². The van der Waals surface area contributed by atoms with E-state index in [1.165, 1.54) is 18.2 Å². The average Bonchev–Trinajstić information content (AvgIpc) is 3.41. The first kappa shape index (κ1) is 20.6. The molecule has 156 valence electrons. The summed E-state index contributed by atoms with van der Waals surface area (Å²) >= 11 is 12.2. The summed E-state index contributed by atoms with van der Waals surface area (Å²) in [5, 5.41) is 9.33. The Kier molecular flexibility index (Phi) is 5.20. The highest BCUT2D eigenvalue weighted by Crippen LogP contribution is 2.43. The van der Waals surface area contributed by atoms with Crippen LogP contribution in [0.1, 0.15) is 48.9 Å². The van der Waals surface area contributed by atoms with Crippen molar-refractivity contribution in [3.8, 4) is 17.1 Å². The Balaban J connectivity index is 1.75. The maximum atomic E-state index is 14.3. The van der Waals surface area contributed by atoms with Gasteiger partial charge in [0.1, 0.15) is 0 Å². The van der Waals surface area contributed by atoms with Crippen molar-refractivity contribution in [3.05, 3.63) is 63.6 Å². The molecule has 0 atom stereocenters. The summed E-state index contributed by atoms with van der Waals surface area (Å²) in [5.74, 6) is 0.0528. The SMILES string of the molecule is CC(C)(Oc1ccc(Cl)cc1F)c1nnc(-c2ccc(C(N)=O)cc2Cl)n1C1CC1. The number of primary amides is 1. The lowest BCUT2D eigenvalue weighted by atomic mass is 10.1. The molecule has 1 amide bonds. The summed E-state index contributed by atoms with van der Waals surface area (Å²) in [4.78, 5) is 11.4. The molecule has 0 bridgehead atoms. The van der Waals surface area contributed by atoms with Gasteiger partial charge in [-0.05, 0) is 63.1 Å². The Hall–Kier alpha value is -2.64. The monoisotopic (exact) mass is 448 g/mol. The lowest BCUT2D eigenvalue weighted by Crippen LogP contribution is -2.30. The van der Waals surface area contributed by atoms with Crippen molar-refractivity contribution < 1.29 is 13.9 Å². The van der Waals surface area contributed by atoms with Crippen molar-refractivity contribution in [2.24, 2.45) is 5.73 Å². The van der Waals surface area contributed by atoms with Crippen LogP contribution in [0.5, 0.6) is 5.75 Å². The fraction of sp³-hybridized carbons (Fsp3) is 0.286. The zero-order valence-electron chi connectivity index (χ0n) is 16.3. The molecule has 2 N–H and O–H groups in total. The number of nitrogens with zero attached hydrogens (tertiary/aromatic N) is 3. The zero-order valence-corrected chi connectivity index (χ0v) is 17.8. The second-order valence-electron chi connectivity index (χ2n) is 7.69. The molecule has 6 nitrogen and oxygen atoms in total. The van der Waals surface area contributed by atoms with Crippen molar-refractivity contribution in [3.63, 3.8) is 0 Å². The van der Waals surface area contributed by atoms with Crippen LogP contribution in [0, 0.1) is 5.82 Å². The minimum Gasteiger partial charge on any atom is -0.477 e. The van der Waals surface area contributed by atoms with Gasteiger partial charge >= 0.3 is 0 Å². The Labute approximate surface area is 182 Å². The molecule has 1 aliphatic rings. The first-order valence-electron chi connectivity index (χ1n) is 9.36. The molecule has 0 aliphatic heterocycles. The van der Waals surface area contributed by atoms with Crippen molar-refractivity contribution in [2.75, 3.05) is 0 Å². The standard InChI is InChI=1S/C21H19Cl2FN4O2/c1-21(2,30-17-8-4-12(22)10-16(17)24)20-27-26-19(28(20)13-5-6-13)14-7-3-11(18(25)29)9-15(14)23/h3-4,7-10,13H,5-6H2,1-2H3,(H2,25,29). The topological polar surface area (TPSA) is 83.0 Å². The van der Waals surface area contributed by atoms with Crippen LogP contribution in [-0.4, -0.2) is 20.7 Å². The van der Waals surface area contributed by atoms with Gasteiger partial charge in [-0.15, -0.1) is 10.2 Å². The summed E-state index contributed by atoms with van der Waals surface area (Å²) < 4.78 is 22.2. The number of carbonyl (C=O) groups excluding carboxylic acids is 1. The average molecular weight is 449 g/mol. The number of halogens is 3. The normalized spacial score (nSPS) is 14.0. The third kappa shape index (κ3) is 3.87. The summed E-state index contributed by atoms with van der Waals surface area (Å²) in [6, 6.07) is 9.24. The van der Waals surface area contributed by atoms with E-state index < -0.39 is 17.3 Å². The lowest BCUT2D eigenvalue weighted by Gasteiger charge is -2.27. The quantitative estimate of drug-likeness (QED) is 0.565. The summed E-state index contributed by atoms with van der Waals surface area (Å²) in [6.45, 7) is 3.59. The van der Waals surface area contributed by atoms with Crippen molar-refractivity contribution in [2.45, 2.75) is 38.3 Å².